The highest BCUT2D eigenvalue weighted by atomic mass is 15.0. The van der Waals surface area contributed by atoms with Gasteiger partial charge in [0.2, 0.25) is 0 Å². The second kappa shape index (κ2) is 5.31. The van der Waals surface area contributed by atoms with Crippen molar-refractivity contribution in [1.29, 1.82) is 0 Å². The summed E-state index contributed by atoms with van der Waals surface area (Å²) >= 11 is 0. The van der Waals surface area contributed by atoms with Crippen molar-refractivity contribution in [2.24, 2.45) is 0 Å². The summed E-state index contributed by atoms with van der Waals surface area (Å²) in [5.74, 6) is 1.35. The average molecular weight is 255 g/mol. The third-order valence-corrected chi connectivity index (χ3v) is 3.32. The smallest absolute Gasteiger partial charge is 0.130 e. The molecule has 0 bridgehead atoms. The molecule has 0 saturated carbocycles. The van der Waals surface area contributed by atoms with E-state index in [9.17, 15) is 0 Å². The van der Waals surface area contributed by atoms with Crippen molar-refractivity contribution >= 4 is 17.2 Å². The first kappa shape index (κ1) is 13.4. The molecule has 19 heavy (non-hydrogen) atoms. The van der Waals surface area contributed by atoms with E-state index in [0.29, 0.717) is 5.92 Å². The standard InChI is InChI=1S/C16H21N3/c1-10(2)13-6-5-11(3)15(9-13)19-16-8-7-14(17)12(4)18-16/h5-10H,17H2,1-4H3,(H,18,19). The van der Waals surface area contributed by atoms with Gasteiger partial charge in [-0.1, -0.05) is 26.0 Å². The van der Waals surface area contributed by atoms with Gasteiger partial charge in [0.1, 0.15) is 5.82 Å². The van der Waals surface area contributed by atoms with Gasteiger partial charge in [0.15, 0.2) is 0 Å². The van der Waals surface area contributed by atoms with Gasteiger partial charge in [0, 0.05) is 5.69 Å². The second-order valence-electron chi connectivity index (χ2n) is 5.23. The third-order valence-electron chi connectivity index (χ3n) is 3.32. The number of benzene rings is 1. The summed E-state index contributed by atoms with van der Waals surface area (Å²) in [5, 5.41) is 3.37. The molecule has 1 aromatic carbocycles. The highest BCUT2D eigenvalue weighted by molar-refractivity contribution is 5.63. The van der Waals surface area contributed by atoms with E-state index in [2.05, 4.69) is 49.3 Å². The number of aryl methyl sites for hydroxylation is 2. The number of nitrogens with one attached hydrogen (secondary N) is 1. The molecule has 0 fully saturated rings. The van der Waals surface area contributed by atoms with Crippen molar-refractivity contribution in [2.75, 3.05) is 11.1 Å². The Morgan fingerprint density at radius 1 is 1.11 bits per heavy atom. The Kier molecular flexibility index (Phi) is 3.74. The van der Waals surface area contributed by atoms with Crippen molar-refractivity contribution in [3.63, 3.8) is 0 Å². The van der Waals surface area contributed by atoms with E-state index >= 15 is 0 Å². The monoisotopic (exact) mass is 255 g/mol. The Balaban J connectivity index is 2.31. The Labute approximate surface area is 114 Å². The normalized spacial score (nSPS) is 10.8. The summed E-state index contributed by atoms with van der Waals surface area (Å²) in [4.78, 5) is 4.45. The predicted octanol–water partition coefficient (Wildman–Crippen LogP) is 4.15. The van der Waals surface area contributed by atoms with Crippen molar-refractivity contribution in [1.82, 2.24) is 4.98 Å². The van der Waals surface area contributed by atoms with Crippen molar-refractivity contribution < 1.29 is 0 Å². The Morgan fingerprint density at radius 2 is 1.84 bits per heavy atom. The molecular formula is C16H21N3. The predicted molar refractivity (Wildman–Crippen MR) is 81.9 cm³/mol. The minimum atomic E-state index is 0.516. The van der Waals surface area contributed by atoms with Crippen LogP contribution in [0, 0.1) is 13.8 Å². The number of aromatic nitrogens is 1. The lowest BCUT2D eigenvalue weighted by Gasteiger charge is -2.13. The highest BCUT2D eigenvalue weighted by Gasteiger charge is 2.05. The van der Waals surface area contributed by atoms with Gasteiger partial charge >= 0.3 is 0 Å². The van der Waals surface area contributed by atoms with Gasteiger partial charge in [-0.25, -0.2) is 4.98 Å². The third kappa shape index (κ3) is 3.05. The zero-order valence-corrected chi connectivity index (χ0v) is 12.0. The molecule has 0 atom stereocenters. The van der Waals surface area contributed by atoms with Crippen LogP contribution in [-0.4, -0.2) is 4.98 Å². The van der Waals surface area contributed by atoms with Crippen LogP contribution in [0.5, 0.6) is 0 Å². The summed E-state index contributed by atoms with van der Waals surface area (Å²) in [6.45, 7) is 8.40. The first-order valence-corrected chi connectivity index (χ1v) is 6.58. The summed E-state index contributed by atoms with van der Waals surface area (Å²) in [6, 6.07) is 10.3. The lowest BCUT2D eigenvalue weighted by atomic mass is 10.0. The van der Waals surface area contributed by atoms with Gasteiger partial charge in [-0.3, -0.25) is 0 Å². The fourth-order valence-corrected chi connectivity index (χ4v) is 1.91. The molecule has 100 valence electrons. The Morgan fingerprint density at radius 3 is 2.47 bits per heavy atom. The molecule has 3 N–H and O–H groups in total. The Hall–Kier alpha value is -2.03. The van der Waals surface area contributed by atoms with Crippen LogP contribution < -0.4 is 11.1 Å². The minimum absolute atomic E-state index is 0.516. The van der Waals surface area contributed by atoms with Crippen molar-refractivity contribution in [3.8, 4) is 0 Å². The summed E-state index contributed by atoms with van der Waals surface area (Å²) < 4.78 is 0. The maximum atomic E-state index is 5.79. The molecule has 0 aliphatic carbocycles. The molecule has 0 amide bonds. The van der Waals surface area contributed by atoms with Crippen LogP contribution in [0.2, 0.25) is 0 Å². The van der Waals surface area contributed by atoms with Gasteiger partial charge < -0.3 is 11.1 Å². The zero-order valence-electron chi connectivity index (χ0n) is 12.0. The van der Waals surface area contributed by atoms with E-state index in [-0.39, 0.29) is 0 Å². The van der Waals surface area contributed by atoms with Crippen LogP contribution in [0.3, 0.4) is 0 Å². The van der Waals surface area contributed by atoms with E-state index in [4.69, 9.17) is 5.73 Å². The van der Waals surface area contributed by atoms with Crippen LogP contribution in [0.1, 0.15) is 36.6 Å². The topological polar surface area (TPSA) is 50.9 Å². The highest BCUT2D eigenvalue weighted by Crippen LogP contribution is 2.25. The molecule has 0 aliphatic rings. The lowest BCUT2D eigenvalue weighted by molar-refractivity contribution is 0.866. The maximum absolute atomic E-state index is 5.79. The van der Waals surface area contributed by atoms with Gasteiger partial charge in [-0.05, 0) is 49.1 Å². The molecule has 0 aliphatic heterocycles. The van der Waals surface area contributed by atoms with Gasteiger partial charge in [0.25, 0.3) is 0 Å². The van der Waals surface area contributed by atoms with E-state index in [0.717, 1.165) is 22.9 Å². The first-order valence-electron chi connectivity index (χ1n) is 6.58. The molecule has 3 nitrogen and oxygen atoms in total. The molecule has 0 radical (unpaired) electrons. The van der Waals surface area contributed by atoms with Gasteiger partial charge in [-0.2, -0.15) is 0 Å². The number of hydrogen-bond donors (Lipinski definition) is 2. The number of nitrogens with zero attached hydrogens (tertiary/aromatic N) is 1. The molecule has 2 aromatic rings. The molecule has 2 rings (SSSR count). The largest absolute Gasteiger partial charge is 0.397 e. The van der Waals surface area contributed by atoms with Crippen molar-refractivity contribution in [2.45, 2.75) is 33.6 Å². The van der Waals surface area contributed by atoms with Gasteiger partial charge in [0.05, 0.1) is 11.4 Å². The maximum Gasteiger partial charge on any atom is 0.130 e. The molecule has 0 spiro atoms. The number of nitrogens with two attached hydrogens (primary N) is 1. The van der Waals surface area contributed by atoms with Crippen LogP contribution in [-0.2, 0) is 0 Å². The van der Waals surface area contributed by atoms with Crippen LogP contribution >= 0.6 is 0 Å². The van der Waals surface area contributed by atoms with E-state index in [1.165, 1.54) is 11.1 Å². The fraction of sp³-hybridized carbons (Fsp3) is 0.312. The van der Waals surface area contributed by atoms with Crippen LogP contribution in [0.4, 0.5) is 17.2 Å². The van der Waals surface area contributed by atoms with E-state index in [1.54, 1.807) is 0 Å². The quantitative estimate of drug-likeness (QED) is 0.866. The summed E-state index contributed by atoms with van der Waals surface area (Å²) in [7, 11) is 0. The molecule has 1 aromatic heterocycles. The van der Waals surface area contributed by atoms with E-state index < -0.39 is 0 Å². The number of anilines is 3. The van der Waals surface area contributed by atoms with Crippen LogP contribution in [0.25, 0.3) is 0 Å². The summed E-state index contributed by atoms with van der Waals surface area (Å²) in [6.07, 6.45) is 0. The van der Waals surface area contributed by atoms with Crippen LogP contribution in [0.15, 0.2) is 30.3 Å². The first-order chi connectivity index (χ1) is 8.97. The minimum Gasteiger partial charge on any atom is -0.397 e. The summed E-state index contributed by atoms with van der Waals surface area (Å²) in [5.41, 5.74) is 11.0. The number of rotatable bonds is 3. The number of hydrogen-bond acceptors (Lipinski definition) is 3. The number of nitrogen functional groups attached to an aromatic ring is 1. The molecular weight excluding hydrogens is 234 g/mol. The molecule has 1 heterocycles. The molecule has 0 unspecified atom stereocenters. The Bertz CT molecular complexity index is 589. The average Bonchev–Trinajstić information content (AvgIpc) is 2.36. The lowest BCUT2D eigenvalue weighted by Crippen LogP contribution is -2.00. The fourth-order valence-electron chi connectivity index (χ4n) is 1.91. The van der Waals surface area contributed by atoms with Crippen molar-refractivity contribution in [3.05, 3.63) is 47.2 Å². The molecule has 0 saturated heterocycles. The SMILES string of the molecule is Cc1ccc(C(C)C)cc1Nc1ccc(N)c(C)n1. The molecule has 3 heteroatoms. The zero-order chi connectivity index (χ0) is 14.0. The van der Waals surface area contributed by atoms with E-state index in [1.807, 2.05) is 19.1 Å². The van der Waals surface area contributed by atoms with Gasteiger partial charge in [-0.15, -0.1) is 0 Å². The number of pyridine rings is 1. The second-order valence-corrected chi connectivity index (χ2v) is 5.23.